The predicted molar refractivity (Wildman–Crippen MR) is 158 cm³/mol. The van der Waals surface area contributed by atoms with Crippen molar-refractivity contribution in [2.45, 2.75) is 143 Å². The van der Waals surface area contributed by atoms with E-state index in [1.165, 1.54) is 11.1 Å². The first-order valence-corrected chi connectivity index (χ1v) is 14.5. The molecule has 2 heteroatoms. The number of benzene rings is 2. The molecule has 0 atom stereocenters. The van der Waals surface area contributed by atoms with Crippen LogP contribution >= 0.6 is 0 Å². The molecule has 2 nitrogen and oxygen atoms in total. The van der Waals surface area contributed by atoms with Crippen LogP contribution in [0.2, 0.25) is 0 Å². The Morgan fingerprint density at radius 2 is 0.806 bits per heavy atom. The summed E-state index contributed by atoms with van der Waals surface area (Å²) in [6.45, 7) is 22.2. The second-order valence-electron chi connectivity index (χ2n) is 13.0. The summed E-state index contributed by atoms with van der Waals surface area (Å²) in [6, 6.07) is 8.61. The Morgan fingerprint density at radius 3 is 1.03 bits per heavy atom. The lowest BCUT2D eigenvalue weighted by atomic mass is 9.73. The van der Waals surface area contributed by atoms with Crippen LogP contribution in [0.15, 0.2) is 24.3 Å². The van der Waals surface area contributed by atoms with E-state index < -0.39 is 0 Å². The fraction of sp³-hybridized carbons (Fsp3) is 0.647. The zero-order valence-corrected chi connectivity index (χ0v) is 25.0. The lowest BCUT2D eigenvalue weighted by Crippen LogP contribution is -2.18. The maximum atomic E-state index is 11.6. The zero-order valence-electron chi connectivity index (χ0n) is 25.0. The summed E-state index contributed by atoms with van der Waals surface area (Å²) in [7, 11) is 0. The Kier molecular flexibility index (Phi) is 10.5. The van der Waals surface area contributed by atoms with E-state index in [2.05, 4.69) is 81.4 Å². The minimum Gasteiger partial charge on any atom is -0.507 e. The van der Waals surface area contributed by atoms with Crippen molar-refractivity contribution >= 4 is 0 Å². The molecule has 0 radical (unpaired) electrons. The number of rotatable bonds is 11. The summed E-state index contributed by atoms with van der Waals surface area (Å²) >= 11 is 0. The van der Waals surface area contributed by atoms with Crippen molar-refractivity contribution in [2.24, 2.45) is 0 Å². The topological polar surface area (TPSA) is 40.5 Å². The molecular formula is C34H54O2. The summed E-state index contributed by atoms with van der Waals surface area (Å²) in [5, 5.41) is 23.2. The SMILES string of the molecule is CCCC(CCC)c1cc(O)c(-c2c(O)cc(C(CCC)CCC)cc2C(C)(C)C)c(C(C)(C)C)c1. The average Bonchev–Trinajstić information content (AvgIpc) is 2.77. The zero-order chi connectivity index (χ0) is 27.3. The van der Waals surface area contributed by atoms with Gasteiger partial charge in [-0.1, -0.05) is 107 Å². The van der Waals surface area contributed by atoms with Gasteiger partial charge >= 0.3 is 0 Å². The second-order valence-corrected chi connectivity index (χ2v) is 13.0. The van der Waals surface area contributed by atoms with Crippen LogP contribution in [0.4, 0.5) is 0 Å². The van der Waals surface area contributed by atoms with Gasteiger partial charge in [0, 0.05) is 11.1 Å². The average molecular weight is 495 g/mol. The lowest BCUT2D eigenvalue weighted by Gasteiger charge is -2.31. The summed E-state index contributed by atoms with van der Waals surface area (Å²) in [4.78, 5) is 0. The smallest absolute Gasteiger partial charge is 0.124 e. The number of aromatic hydroxyl groups is 2. The molecule has 0 saturated carbocycles. The van der Waals surface area contributed by atoms with Crippen molar-refractivity contribution in [1.82, 2.24) is 0 Å². The van der Waals surface area contributed by atoms with Gasteiger partial charge in [0.1, 0.15) is 11.5 Å². The van der Waals surface area contributed by atoms with Gasteiger partial charge in [-0.3, -0.25) is 0 Å². The second kappa shape index (κ2) is 12.5. The molecule has 36 heavy (non-hydrogen) atoms. The first-order valence-electron chi connectivity index (χ1n) is 14.5. The third kappa shape index (κ3) is 7.08. The van der Waals surface area contributed by atoms with Gasteiger partial charge in [0.05, 0.1) is 0 Å². The first-order chi connectivity index (χ1) is 16.8. The Hall–Kier alpha value is -1.96. The molecule has 2 N–H and O–H groups in total. The van der Waals surface area contributed by atoms with Gasteiger partial charge in [-0.15, -0.1) is 0 Å². The third-order valence-corrected chi connectivity index (χ3v) is 7.64. The van der Waals surface area contributed by atoms with E-state index in [1.807, 2.05) is 12.1 Å². The first kappa shape index (κ1) is 30.3. The minimum absolute atomic E-state index is 0.182. The quantitative estimate of drug-likeness (QED) is 0.326. The minimum atomic E-state index is -0.182. The normalized spacial score (nSPS) is 12.7. The maximum Gasteiger partial charge on any atom is 0.124 e. The molecule has 2 aromatic carbocycles. The van der Waals surface area contributed by atoms with E-state index in [4.69, 9.17) is 0 Å². The highest BCUT2D eigenvalue weighted by molar-refractivity contribution is 5.83. The number of phenolic OH excluding ortho intramolecular Hbond substituents is 2. The molecule has 0 spiro atoms. The van der Waals surface area contributed by atoms with Crippen molar-refractivity contribution in [3.63, 3.8) is 0 Å². The van der Waals surface area contributed by atoms with Crippen LogP contribution in [-0.4, -0.2) is 10.2 Å². The molecule has 202 valence electrons. The number of phenols is 2. The molecule has 0 unspecified atom stereocenters. The van der Waals surface area contributed by atoms with Crippen LogP contribution in [-0.2, 0) is 10.8 Å². The maximum absolute atomic E-state index is 11.6. The molecule has 0 heterocycles. The van der Waals surface area contributed by atoms with Crippen LogP contribution in [0.3, 0.4) is 0 Å². The van der Waals surface area contributed by atoms with E-state index >= 15 is 0 Å². The van der Waals surface area contributed by atoms with Crippen LogP contribution in [0.5, 0.6) is 11.5 Å². The van der Waals surface area contributed by atoms with Crippen LogP contribution in [0.1, 0.15) is 155 Å². The predicted octanol–water partition coefficient (Wildman–Crippen LogP) is 10.7. The van der Waals surface area contributed by atoms with Crippen molar-refractivity contribution < 1.29 is 10.2 Å². The number of hydrogen-bond donors (Lipinski definition) is 2. The van der Waals surface area contributed by atoms with Crippen molar-refractivity contribution in [1.29, 1.82) is 0 Å². The molecule has 0 bridgehead atoms. The third-order valence-electron chi connectivity index (χ3n) is 7.64. The Balaban J connectivity index is 2.89. The van der Waals surface area contributed by atoms with Crippen molar-refractivity contribution in [3.8, 4) is 22.6 Å². The van der Waals surface area contributed by atoms with E-state index in [9.17, 15) is 10.2 Å². The Morgan fingerprint density at radius 1 is 0.528 bits per heavy atom. The summed E-state index contributed by atoms with van der Waals surface area (Å²) in [6.07, 6.45) is 9.02. The largest absolute Gasteiger partial charge is 0.507 e. The van der Waals surface area contributed by atoms with Crippen molar-refractivity contribution in [2.75, 3.05) is 0 Å². The highest BCUT2D eigenvalue weighted by Gasteiger charge is 2.31. The summed E-state index contributed by atoms with van der Waals surface area (Å²) < 4.78 is 0. The lowest BCUT2D eigenvalue weighted by molar-refractivity contribution is 0.459. The molecule has 0 aliphatic carbocycles. The van der Waals surface area contributed by atoms with Gasteiger partial charge in [-0.25, -0.2) is 0 Å². The van der Waals surface area contributed by atoms with E-state index in [0.29, 0.717) is 23.3 Å². The van der Waals surface area contributed by atoms with Crippen LogP contribution in [0, 0.1) is 0 Å². The standard InChI is InChI=1S/C34H54O2/c1-11-15-23(16-12-2)25-19-27(33(5,6)7)31(29(35)21-25)32-28(34(8,9)10)20-26(22-30(32)36)24(17-13-3)18-14-4/h19-24,35-36H,11-18H2,1-10H3. The molecule has 0 fully saturated rings. The van der Waals surface area contributed by atoms with Gasteiger partial charge in [0.25, 0.3) is 0 Å². The van der Waals surface area contributed by atoms with Gasteiger partial charge < -0.3 is 10.2 Å². The van der Waals surface area contributed by atoms with E-state index in [0.717, 1.165) is 73.6 Å². The fourth-order valence-electron chi connectivity index (χ4n) is 5.83. The molecule has 0 aromatic heterocycles. The Labute approximate surface area is 222 Å². The van der Waals surface area contributed by atoms with E-state index in [-0.39, 0.29) is 10.8 Å². The van der Waals surface area contributed by atoms with Gasteiger partial charge in [0.2, 0.25) is 0 Å². The highest BCUT2D eigenvalue weighted by Crippen LogP contribution is 2.50. The van der Waals surface area contributed by atoms with Crippen LogP contribution < -0.4 is 0 Å². The van der Waals surface area contributed by atoms with Gasteiger partial charge in [-0.2, -0.15) is 0 Å². The summed E-state index contributed by atoms with van der Waals surface area (Å²) in [5.41, 5.74) is 5.92. The molecular weight excluding hydrogens is 440 g/mol. The summed E-state index contributed by atoms with van der Waals surface area (Å²) in [5.74, 6) is 1.48. The number of hydrogen-bond acceptors (Lipinski definition) is 2. The highest BCUT2D eigenvalue weighted by atomic mass is 16.3. The van der Waals surface area contributed by atoms with E-state index in [1.54, 1.807) is 0 Å². The monoisotopic (exact) mass is 494 g/mol. The molecule has 0 amide bonds. The molecule has 0 aliphatic heterocycles. The molecule has 0 aliphatic rings. The van der Waals surface area contributed by atoms with Gasteiger partial charge in [-0.05, 0) is 82.7 Å². The molecule has 2 aromatic rings. The fourth-order valence-corrected chi connectivity index (χ4v) is 5.83. The van der Waals surface area contributed by atoms with Crippen LogP contribution in [0.25, 0.3) is 11.1 Å². The molecule has 0 saturated heterocycles. The Bertz CT molecular complexity index is 894. The van der Waals surface area contributed by atoms with Gasteiger partial charge in [0.15, 0.2) is 0 Å². The molecule has 2 rings (SSSR count). The van der Waals surface area contributed by atoms with Crippen molar-refractivity contribution in [3.05, 3.63) is 46.5 Å².